The van der Waals surface area contributed by atoms with E-state index in [9.17, 15) is 4.79 Å². The zero-order valence-corrected chi connectivity index (χ0v) is 11.4. The van der Waals surface area contributed by atoms with E-state index in [4.69, 9.17) is 0 Å². The smallest absolute Gasteiger partial charge is 0.257 e. The molecule has 2 rings (SSSR count). The van der Waals surface area contributed by atoms with Crippen molar-refractivity contribution >= 4 is 11.6 Å². The normalized spacial score (nSPS) is 15.6. The molecule has 0 radical (unpaired) electrons. The molecule has 0 N–H and O–H groups in total. The van der Waals surface area contributed by atoms with Crippen LogP contribution in [-0.4, -0.2) is 43.0 Å². The highest BCUT2D eigenvalue weighted by Crippen LogP contribution is 2.27. The number of carbonyl (C=O) groups is 1. The quantitative estimate of drug-likeness (QED) is 0.803. The fourth-order valence-corrected chi connectivity index (χ4v) is 2.49. The maximum atomic E-state index is 12.2. The van der Waals surface area contributed by atoms with Gasteiger partial charge in [0.05, 0.1) is 11.3 Å². The predicted octanol–water partition coefficient (Wildman–Crippen LogP) is 2.08. The van der Waals surface area contributed by atoms with Gasteiger partial charge in [-0.1, -0.05) is 0 Å². The molecule has 1 aliphatic heterocycles. The van der Waals surface area contributed by atoms with Gasteiger partial charge >= 0.3 is 0 Å². The number of aromatic nitrogens is 1. The van der Waals surface area contributed by atoms with Crippen LogP contribution in [0.2, 0.25) is 0 Å². The van der Waals surface area contributed by atoms with Gasteiger partial charge in [0.1, 0.15) is 0 Å². The van der Waals surface area contributed by atoms with Gasteiger partial charge in [-0.05, 0) is 31.7 Å². The molecule has 1 amide bonds. The van der Waals surface area contributed by atoms with Crippen LogP contribution in [0.1, 0.15) is 35.2 Å². The van der Waals surface area contributed by atoms with Crippen LogP contribution in [0.5, 0.6) is 0 Å². The molecule has 2 heterocycles. The first kappa shape index (κ1) is 12.9. The van der Waals surface area contributed by atoms with Crippen LogP contribution < -0.4 is 4.90 Å². The molecular formula is C14H21N3O. The molecule has 0 saturated carbocycles. The van der Waals surface area contributed by atoms with E-state index in [0.29, 0.717) is 0 Å². The lowest BCUT2D eigenvalue weighted by atomic mass is 10.1. The van der Waals surface area contributed by atoms with Crippen molar-refractivity contribution in [3.05, 3.63) is 23.5 Å². The Bertz CT molecular complexity index is 437. The third-order valence-corrected chi connectivity index (χ3v) is 3.41. The molecule has 0 unspecified atom stereocenters. The first-order valence-electron chi connectivity index (χ1n) is 6.52. The summed E-state index contributed by atoms with van der Waals surface area (Å²) in [6.07, 6.45) is 7.24. The van der Waals surface area contributed by atoms with Crippen molar-refractivity contribution in [2.75, 3.05) is 32.1 Å². The minimum atomic E-state index is 0.0340. The average Bonchev–Trinajstić information content (AvgIpc) is 2.38. The molecule has 18 heavy (non-hydrogen) atoms. The number of aryl methyl sites for hydroxylation is 1. The summed E-state index contributed by atoms with van der Waals surface area (Å²) in [5.74, 6) is 0.0340. The van der Waals surface area contributed by atoms with Crippen LogP contribution in [0.3, 0.4) is 0 Å². The molecular weight excluding hydrogens is 226 g/mol. The highest BCUT2D eigenvalue weighted by molar-refractivity contribution is 5.99. The number of carbonyl (C=O) groups excluding carboxylic acids is 1. The lowest BCUT2D eigenvalue weighted by Crippen LogP contribution is -2.33. The van der Waals surface area contributed by atoms with Gasteiger partial charge in [0, 0.05) is 39.6 Å². The lowest BCUT2D eigenvalue weighted by Gasteiger charge is -2.31. The van der Waals surface area contributed by atoms with E-state index in [1.54, 1.807) is 25.2 Å². The molecule has 1 aromatic rings. The minimum absolute atomic E-state index is 0.0340. The summed E-state index contributed by atoms with van der Waals surface area (Å²) in [5, 5.41) is 0. The Labute approximate surface area is 109 Å². The van der Waals surface area contributed by atoms with E-state index < -0.39 is 0 Å². The number of pyridine rings is 1. The first-order valence-corrected chi connectivity index (χ1v) is 6.52. The minimum Gasteiger partial charge on any atom is -0.371 e. The second-order valence-electron chi connectivity index (χ2n) is 5.10. The van der Waals surface area contributed by atoms with Crippen molar-refractivity contribution in [2.45, 2.75) is 26.2 Å². The van der Waals surface area contributed by atoms with Crippen LogP contribution in [0, 0.1) is 6.92 Å². The Morgan fingerprint density at radius 3 is 2.50 bits per heavy atom. The van der Waals surface area contributed by atoms with Crippen LogP contribution in [0.15, 0.2) is 12.4 Å². The summed E-state index contributed by atoms with van der Waals surface area (Å²) >= 11 is 0. The number of anilines is 1. The summed E-state index contributed by atoms with van der Waals surface area (Å²) < 4.78 is 0. The number of hydrogen-bond acceptors (Lipinski definition) is 3. The van der Waals surface area contributed by atoms with Gasteiger partial charge in [0.2, 0.25) is 0 Å². The van der Waals surface area contributed by atoms with Crippen LogP contribution in [0.25, 0.3) is 0 Å². The highest BCUT2D eigenvalue weighted by Gasteiger charge is 2.21. The molecule has 1 aliphatic rings. The van der Waals surface area contributed by atoms with Gasteiger partial charge in [0.15, 0.2) is 0 Å². The largest absolute Gasteiger partial charge is 0.371 e. The van der Waals surface area contributed by atoms with E-state index in [-0.39, 0.29) is 5.91 Å². The zero-order valence-electron chi connectivity index (χ0n) is 11.4. The molecule has 1 fully saturated rings. The highest BCUT2D eigenvalue weighted by atomic mass is 16.2. The summed E-state index contributed by atoms with van der Waals surface area (Å²) in [6.45, 7) is 4.11. The Morgan fingerprint density at radius 1 is 1.22 bits per heavy atom. The molecule has 0 atom stereocenters. The molecule has 1 saturated heterocycles. The van der Waals surface area contributed by atoms with Crippen molar-refractivity contribution < 1.29 is 4.79 Å². The third kappa shape index (κ3) is 2.47. The van der Waals surface area contributed by atoms with E-state index in [1.165, 1.54) is 19.3 Å². The van der Waals surface area contributed by atoms with Crippen LogP contribution in [-0.2, 0) is 0 Å². The molecule has 0 aromatic carbocycles. The molecule has 4 nitrogen and oxygen atoms in total. The Hall–Kier alpha value is -1.58. The standard InChI is InChI=1S/C14H21N3O/c1-11-9-15-10-12(14(18)16(2)3)13(11)17-7-5-4-6-8-17/h9-10H,4-8H2,1-3H3. The fraction of sp³-hybridized carbons (Fsp3) is 0.571. The lowest BCUT2D eigenvalue weighted by molar-refractivity contribution is 0.0827. The Balaban J connectivity index is 2.40. The number of hydrogen-bond donors (Lipinski definition) is 0. The SMILES string of the molecule is Cc1cncc(C(=O)N(C)C)c1N1CCCCC1. The van der Waals surface area contributed by atoms with Gasteiger partial charge in [-0.3, -0.25) is 9.78 Å². The van der Waals surface area contributed by atoms with Gasteiger partial charge < -0.3 is 9.80 Å². The Kier molecular flexibility index (Phi) is 3.84. The van der Waals surface area contributed by atoms with E-state index >= 15 is 0 Å². The van der Waals surface area contributed by atoms with Crippen molar-refractivity contribution in [3.8, 4) is 0 Å². The van der Waals surface area contributed by atoms with Crippen LogP contribution in [0.4, 0.5) is 5.69 Å². The molecule has 98 valence electrons. The average molecular weight is 247 g/mol. The summed E-state index contributed by atoms with van der Waals surface area (Å²) in [7, 11) is 3.56. The maximum absolute atomic E-state index is 12.2. The second-order valence-corrected chi connectivity index (χ2v) is 5.10. The van der Waals surface area contributed by atoms with Crippen molar-refractivity contribution in [1.29, 1.82) is 0 Å². The topological polar surface area (TPSA) is 36.4 Å². The van der Waals surface area contributed by atoms with Gasteiger partial charge in [0.25, 0.3) is 5.91 Å². The van der Waals surface area contributed by atoms with Gasteiger partial charge in [-0.25, -0.2) is 0 Å². The summed E-state index contributed by atoms with van der Waals surface area (Å²) in [5.41, 5.74) is 2.88. The molecule has 4 heteroatoms. The number of rotatable bonds is 2. The third-order valence-electron chi connectivity index (χ3n) is 3.41. The number of piperidine rings is 1. The molecule has 0 spiro atoms. The van der Waals surface area contributed by atoms with Gasteiger partial charge in [-0.2, -0.15) is 0 Å². The number of nitrogens with zero attached hydrogens (tertiary/aromatic N) is 3. The summed E-state index contributed by atoms with van der Waals surface area (Å²) in [4.78, 5) is 20.3. The summed E-state index contributed by atoms with van der Waals surface area (Å²) in [6, 6.07) is 0. The van der Waals surface area contributed by atoms with Crippen LogP contribution >= 0.6 is 0 Å². The molecule has 1 aromatic heterocycles. The second kappa shape index (κ2) is 5.38. The molecule has 0 bridgehead atoms. The van der Waals surface area contributed by atoms with Crippen molar-refractivity contribution in [1.82, 2.24) is 9.88 Å². The van der Waals surface area contributed by atoms with E-state index in [0.717, 1.165) is 29.9 Å². The van der Waals surface area contributed by atoms with Crippen molar-refractivity contribution in [3.63, 3.8) is 0 Å². The fourth-order valence-electron chi connectivity index (χ4n) is 2.49. The predicted molar refractivity (Wildman–Crippen MR) is 73.1 cm³/mol. The Morgan fingerprint density at radius 2 is 1.89 bits per heavy atom. The molecule has 0 aliphatic carbocycles. The van der Waals surface area contributed by atoms with E-state index in [1.807, 2.05) is 13.1 Å². The van der Waals surface area contributed by atoms with Crippen molar-refractivity contribution in [2.24, 2.45) is 0 Å². The number of amides is 1. The van der Waals surface area contributed by atoms with Gasteiger partial charge in [-0.15, -0.1) is 0 Å². The zero-order chi connectivity index (χ0) is 13.1. The van der Waals surface area contributed by atoms with E-state index in [2.05, 4.69) is 9.88 Å². The maximum Gasteiger partial charge on any atom is 0.257 e. The first-order chi connectivity index (χ1) is 8.61. The monoisotopic (exact) mass is 247 g/mol.